The van der Waals surface area contributed by atoms with Crippen LogP contribution in [0, 0.1) is 0 Å². The minimum Gasteiger partial charge on any atom is -0.478 e. The maximum Gasteiger partial charge on any atom is 0.338 e. The van der Waals surface area contributed by atoms with E-state index in [1.54, 1.807) is 12.3 Å². The largest absolute Gasteiger partial charge is 0.478 e. The lowest BCUT2D eigenvalue weighted by atomic mass is 9.99. The minimum absolute atomic E-state index is 0.0555. The predicted molar refractivity (Wildman–Crippen MR) is 174 cm³/mol. The van der Waals surface area contributed by atoms with Crippen molar-refractivity contribution in [1.82, 2.24) is 10.3 Å². The molecule has 4 aromatic rings. The first kappa shape index (κ1) is 33.2. The lowest BCUT2D eigenvalue weighted by molar-refractivity contribution is -0.245. The van der Waals surface area contributed by atoms with E-state index in [1.807, 2.05) is 72.8 Å². The molecular weight excluding hydrogens is 659 g/mol. The van der Waals surface area contributed by atoms with Crippen LogP contribution in [0.3, 0.4) is 0 Å². The van der Waals surface area contributed by atoms with Crippen molar-refractivity contribution in [3.8, 4) is 11.1 Å². The number of ether oxygens (including phenoxy) is 2. The van der Waals surface area contributed by atoms with Gasteiger partial charge in [0.25, 0.3) is 9.70 Å². The van der Waals surface area contributed by atoms with Crippen molar-refractivity contribution < 1.29 is 29.3 Å². The van der Waals surface area contributed by atoms with Crippen molar-refractivity contribution in [3.63, 3.8) is 0 Å². The van der Waals surface area contributed by atoms with Crippen molar-refractivity contribution in [2.75, 3.05) is 5.75 Å². The van der Waals surface area contributed by atoms with Gasteiger partial charge in [0.1, 0.15) is 5.03 Å². The maximum atomic E-state index is 12.0. The number of amides is 1. The average molecular weight is 688 g/mol. The molecule has 0 saturated carbocycles. The Morgan fingerprint density at radius 3 is 2.36 bits per heavy atom. The fraction of sp³-hybridized carbons (Fsp3) is 0.242. The van der Waals surface area contributed by atoms with Gasteiger partial charge in [0.15, 0.2) is 6.29 Å². The molecule has 0 spiro atoms. The first-order valence-electron chi connectivity index (χ1n) is 14.0. The fourth-order valence-corrected chi connectivity index (χ4v) is 6.08. The molecule has 3 N–H and O–H groups in total. The highest BCUT2D eigenvalue weighted by Crippen LogP contribution is 2.40. The molecule has 45 heavy (non-hydrogen) atoms. The van der Waals surface area contributed by atoms with Gasteiger partial charge in [-0.2, -0.15) is 0 Å². The maximum absolute atomic E-state index is 12.0. The minimum atomic E-state index is -2.04. The number of carbonyl (C=O) groups excluding carboxylic acids is 1. The number of aliphatic hydroxyl groups is 1. The van der Waals surface area contributed by atoms with E-state index in [1.165, 1.54) is 17.8 Å². The number of rotatable bonds is 10. The van der Waals surface area contributed by atoms with Crippen molar-refractivity contribution >= 4 is 58.4 Å². The van der Waals surface area contributed by atoms with Crippen molar-refractivity contribution in [3.05, 3.63) is 119 Å². The molecule has 0 aliphatic carbocycles. The Balaban J connectivity index is 1.37. The van der Waals surface area contributed by atoms with Crippen LogP contribution < -0.4 is 5.32 Å². The van der Waals surface area contributed by atoms with E-state index in [0.29, 0.717) is 17.2 Å². The molecule has 0 bridgehead atoms. The van der Waals surface area contributed by atoms with E-state index < -0.39 is 22.0 Å². The summed E-state index contributed by atoms with van der Waals surface area (Å²) in [6.07, 6.45) is 0.815. The number of aromatic nitrogens is 1. The monoisotopic (exact) mass is 686 g/mol. The molecule has 5 rings (SSSR count). The van der Waals surface area contributed by atoms with E-state index >= 15 is 0 Å². The number of carboxylic acid groups (broad SMARTS) is 1. The van der Waals surface area contributed by atoms with Crippen LogP contribution in [0.4, 0.5) is 0 Å². The van der Waals surface area contributed by atoms with Crippen LogP contribution in [0.1, 0.15) is 51.4 Å². The highest BCUT2D eigenvalue weighted by Gasteiger charge is 2.33. The van der Waals surface area contributed by atoms with E-state index in [0.717, 1.165) is 33.4 Å². The van der Waals surface area contributed by atoms with E-state index in [4.69, 9.17) is 44.3 Å². The van der Waals surface area contributed by atoms with Crippen molar-refractivity contribution in [1.29, 1.82) is 0 Å². The Bertz CT molecular complexity index is 1650. The highest BCUT2D eigenvalue weighted by molar-refractivity contribution is 7.99. The lowest BCUT2D eigenvalue weighted by Gasteiger charge is -2.36. The Labute approximate surface area is 279 Å². The lowest BCUT2D eigenvalue weighted by Crippen LogP contribution is -2.33. The smallest absolute Gasteiger partial charge is 0.338 e. The summed E-state index contributed by atoms with van der Waals surface area (Å²) in [6.45, 7) is 0.130. The van der Waals surface area contributed by atoms with Gasteiger partial charge in [0.2, 0.25) is 0 Å². The molecule has 2 heterocycles. The number of carboxylic acids is 1. The first-order valence-corrected chi connectivity index (χ1v) is 16.1. The Hall–Kier alpha value is -3.15. The quantitative estimate of drug-likeness (QED) is 0.118. The number of benzene rings is 3. The molecule has 0 radical (unpaired) electrons. The summed E-state index contributed by atoms with van der Waals surface area (Å²) in [5.41, 5.74) is 5.33. The van der Waals surface area contributed by atoms with Crippen LogP contribution in [0.25, 0.3) is 11.1 Å². The molecule has 8 nitrogen and oxygen atoms in total. The van der Waals surface area contributed by atoms with Gasteiger partial charge in [-0.1, -0.05) is 95.5 Å². The second kappa shape index (κ2) is 15.0. The van der Waals surface area contributed by atoms with Gasteiger partial charge in [-0.15, -0.1) is 11.8 Å². The second-order valence-electron chi connectivity index (χ2n) is 10.3. The third kappa shape index (κ3) is 8.77. The predicted octanol–water partition coefficient (Wildman–Crippen LogP) is 7.26. The zero-order valence-corrected chi connectivity index (χ0v) is 26.8. The zero-order chi connectivity index (χ0) is 32.0. The number of hydrogen-bond acceptors (Lipinski definition) is 7. The standard InChI is InChI=1S/C33H29Cl3N2O6S/c34-33(35,36)32(42)38-17-21-4-1-5-23(14-21)24-6-2-7-25(15-24)31-43-26(19-45-29-27(30(40)41)8-3-13-37-29)16-28(44-31)22-11-9-20(18-39)10-12-22/h1-15,26,28,31,39H,16-19H2,(H,38,42)(H,40,41)/t26-,28+,31+/m0/s1. The number of pyridine rings is 1. The molecule has 3 atom stereocenters. The van der Waals surface area contributed by atoms with Gasteiger partial charge in [0, 0.05) is 30.5 Å². The Morgan fingerprint density at radius 1 is 0.911 bits per heavy atom. The van der Waals surface area contributed by atoms with Crippen LogP contribution in [-0.2, 0) is 27.4 Å². The number of nitrogens with one attached hydrogen (secondary N) is 1. The van der Waals surface area contributed by atoms with Crippen LogP contribution in [0.2, 0.25) is 0 Å². The molecule has 1 aliphatic heterocycles. The van der Waals surface area contributed by atoms with Crippen LogP contribution in [0.5, 0.6) is 0 Å². The van der Waals surface area contributed by atoms with Crippen LogP contribution in [-0.4, -0.2) is 42.7 Å². The summed E-state index contributed by atoms with van der Waals surface area (Å²) in [4.78, 5) is 28.0. The number of carbonyl (C=O) groups is 2. The number of alkyl halides is 3. The van der Waals surface area contributed by atoms with Crippen molar-refractivity contribution in [2.45, 2.75) is 46.9 Å². The summed E-state index contributed by atoms with van der Waals surface area (Å²) in [5.74, 6) is -1.28. The number of aromatic carboxylic acids is 1. The average Bonchev–Trinajstić information content (AvgIpc) is 3.06. The topological polar surface area (TPSA) is 118 Å². The highest BCUT2D eigenvalue weighted by atomic mass is 35.6. The summed E-state index contributed by atoms with van der Waals surface area (Å²) in [5, 5.41) is 22.1. The van der Waals surface area contributed by atoms with E-state index in [-0.39, 0.29) is 30.9 Å². The number of halogens is 3. The second-order valence-corrected chi connectivity index (χ2v) is 13.6. The molecule has 1 fully saturated rings. The molecule has 1 saturated heterocycles. The normalized spacial score (nSPS) is 18.4. The van der Waals surface area contributed by atoms with Gasteiger partial charge in [-0.3, -0.25) is 4.79 Å². The summed E-state index contributed by atoms with van der Waals surface area (Å²) in [7, 11) is 0. The van der Waals surface area contributed by atoms with Gasteiger partial charge >= 0.3 is 5.97 Å². The van der Waals surface area contributed by atoms with Gasteiger partial charge < -0.3 is 25.0 Å². The molecule has 1 aromatic heterocycles. The molecule has 1 aliphatic rings. The Kier molecular flexibility index (Phi) is 11.0. The number of hydrogen-bond donors (Lipinski definition) is 3. The summed E-state index contributed by atoms with van der Waals surface area (Å²) >= 11 is 18.3. The van der Waals surface area contributed by atoms with Crippen LogP contribution >= 0.6 is 46.6 Å². The summed E-state index contributed by atoms with van der Waals surface area (Å²) < 4.78 is 10.9. The number of nitrogens with zero attached hydrogens (tertiary/aromatic N) is 1. The van der Waals surface area contributed by atoms with Crippen LogP contribution in [0.15, 0.2) is 96.2 Å². The van der Waals surface area contributed by atoms with E-state index in [2.05, 4.69) is 10.3 Å². The SMILES string of the molecule is O=C(O)c1cccnc1SC[C@@H]1C[C@H](c2ccc(CO)cc2)O[C@H](c2cccc(-c3cccc(CNC(=O)C(Cl)(Cl)Cl)c3)c2)O1. The van der Waals surface area contributed by atoms with Crippen molar-refractivity contribution in [2.24, 2.45) is 0 Å². The number of aliphatic hydroxyl groups excluding tert-OH is 1. The molecule has 3 aromatic carbocycles. The first-order chi connectivity index (χ1) is 21.6. The molecular formula is C33H29Cl3N2O6S. The zero-order valence-electron chi connectivity index (χ0n) is 23.7. The molecule has 12 heteroatoms. The molecule has 1 amide bonds. The van der Waals surface area contributed by atoms with Gasteiger partial charge in [-0.25, -0.2) is 9.78 Å². The summed E-state index contributed by atoms with van der Waals surface area (Å²) in [6, 6.07) is 26.2. The molecule has 0 unspecified atom stereocenters. The Morgan fingerprint density at radius 2 is 1.64 bits per heavy atom. The van der Waals surface area contributed by atoms with Gasteiger partial charge in [0.05, 0.1) is 24.4 Å². The van der Waals surface area contributed by atoms with Gasteiger partial charge in [-0.05, 0) is 52.1 Å². The molecule has 234 valence electrons. The number of thioether (sulfide) groups is 1. The van der Waals surface area contributed by atoms with E-state index in [9.17, 15) is 19.8 Å². The fourth-order valence-electron chi connectivity index (χ4n) is 4.87. The third-order valence-electron chi connectivity index (χ3n) is 7.15. The third-order valence-corrected chi connectivity index (χ3v) is 8.80.